The topological polar surface area (TPSA) is 54.7 Å². The molecule has 0 aromatic carbocycles. The van der Waals surface area contributed by atoms with Crippen molar-refractivity contribution >= 4 is 0 Å². The van der Waals surface area contributed by atoms with Gasteiger partial charge in [-0.3, -0.25) is 0 Å². The van der Waals surface area contributed by atoms with E-state index in [1.165, 1.54) is 5.69 Å². The Labute approximate surface area is 97.9 Å². The zero-order valence-electron chi connectivity index (χ0n) is 10.2. The minimum Gasteiger partial charge on any atom is -0.351 e. The number of nitrogens with two attached hydrogens (primary N) is 1. The summed E-state index contributed by atoms with van der Waals surface area (Å²) in [5.41, 5.74) is 6.63. The van der Waals surface area contributed by atoms with Gasteiger partial charge in [0.05, 0.1) is 11.5 Å². The Morgan fingerprint density at radius 2 is 2.25 bits per heavy atom. The first-order valence-corrected chi connectivity index (χ1v) is 5.84. The molecule has 1 aromatic rings. The van der Waals surface area contributed by atoms with Gasteiger partial charge in [0.2, 0.25) is 0 Å². The molecule has 0 bridgehead atoms. The van der Waals surface area contributed by atoms with Crippen LogP contribution in [-0.2, 0) is 13.0 Å². The van der Waals surface area contributed by atoms with Crippen LogP contribution in [0.15, 0.2) is 18.3 Å². The Balaban J connectivity index is 2.43. The molecule has 0 saturated heterocycles. The highest BCUT2D eigenvalue weighted by Gasteiger charge is 2.15. The molecule has 1 heterocycles. The van der Waals surface area contributed by atoms with Crippen molar-refractivity contribution in [2.24, 2.45) is 11.1 Å². The van der Waals surface area contributed by atoms with Gasteiger partial charge in [0.25, 0.3) is 0 Å². The quantitative estimate of drug-likeness (QED) is 0.798. The summed E-state index contributed by atoms with van der Waals surface area (Å²) in [6, 6.07) is 6.50. The van der Waals surface area contributed by atoms with Gasteiger partial charge >= 0.3 is 0 Å². The van der Waals surface area contributed by atoms with E-state index >= 15 is 0 Å². The molecule has 3 nitrogen and oxygen atoms in total. The van der Waals surface area contributed by atoms with E-state index in [-0.39, 0.29) is 5.41 Å². The Bertz CT molecular complexity index is 357. The highest BCUT2D eigenvalue weighted by molar-refractivity contribution is 5.07. The van der Waals surface area contributed by atoms with Crippen LogP contribution in [0.4, 0.5) is 0 Å². The molecule has 0 spiro atoms. The van der Waals surface area contributed by atoms with E-state index in [4.69, 9.17) is 11.0 Å². The van der Waals surface area contributed by atoms with Crippen LogP contribution >= 0.6 is 0 Å². The van der Waals surface area contributed by atoms with Gasteiger partial charge in [-0.2, -0.15) is 5.26 Å². The summed E-state index contributed by atoms with van der Waals surface area (Å²) in [7, 11) is 0. The van der Waals surface area contributed by atoms with Crippen molar-refractivity contribution in [2.45, 2.75) is 39.7 Å². The fraction of sp³-hybridized carbons (Fsp3) is 0.615. The molecule has 2 N–H and O–H groups in total. The first-order valence-electron chi connectivity index (χ1n) is 5.84. The fourth-order valence-corrected chi connectivity index (χ4v) is 1.79. The van der Waals surface area contributed by atoms with Gasteiger partial charge in [-0.25, -0.2) is 0 Å². The van der Waals surface area contributed by atoms with Gasteiger partial charge in [0.1, 0.15) is 0 Å². The number of hydrogen-bond donors (Lipinski definition) is 1. The van der Waals surface area contributed by atoms with Gasteiger partial charge in [0.15, 0.2) is 0 Å². The second-order valence-electron chi connectivity index (χ2n) is 4.83. The van der Waals surface area contributed by atoms with E-state index in [1.807, 2.05) is 13.8 Å². The van der Waals surface area contributed by atoms with E-state index in [2.05, 4.69) is 29.0 Å². The Hall–Kier alpha value is -1.27. The summed E-state index contributed by atoms with van der Waals surface area (Å²) < 4.78 is 2.24. The summed E-state index contributed by atoms with van der Waals surface area (Å²) >= 11 is 0. The largest absolute Gasteiger partial charge is 0.351 e. The van der Waals surface area contributed by atoms with E-state index < -0.39 is 0 Å². The van der Waals surface area contributed by atoms with Crippen LogP contribution in [-0.4, -0.2) is 11.1 Å². The fourth-order valence-electron chi connectivity index (χ4n) is 1.79. The highest BCUT2D eigenvalue weighted by Crippen LogP contribution is 2.21. The van der Waals surface area contributed by atoms with Gasteiger partial charge in [-0.05, 0) is 51.8 Å². The summed E-state index contributed by atoms with van der Waals surface area (Å²) in [5, 5.41) is 8.92. The van der Waals surface area contributed by atoms with Crippen LogP contribution < -0.4 is 5.73 Å². The lowest BCUT2D eigenvalue weighted by atomic mass is 9.90. The van der Waals surface area contributed by atoms with Crippen LogP contribution in [0.25, 0.3) is 0 Å². The molecule has 0 aliphatic heterocycles. The van der Waals surface area contributed by atoms with Crippen LogP contribution in [0.3, 0.4) is 0 Å². The van der Waals surface area contributed by atoms with E-state index in [0.717, 1.165) is 25.8 Å². The van der Waals surface area contributed by atoms with E-state index in [9.17, 15) is 0 Å². The number of aryl methyl sites for hydroxylation is 1. The molecular formula is C13H21N3. The Kier molecular flexibility index (Phi) is 4.57. The standard InChI is InChI=1S/C13H21N3/c1-13(2,11-15)7-4-10-16-9-3-5-12(16)6-8-14/h3,5,9H,4,6-8,10,14H2,1-2H3. The lowest BCUT2D eigenvalue weighted by Gasteiger charge is -2.15. The van der Waals surface area contributed by atoms with Crippen LogP contribution in [0, 0.1) is 16.7 Å². The van der Waals surface area contributed by atoms with Crippen LogP contribution in [0.1, 0.15) is 32.4 Å². The maximum Gasteiger partial charge on any atom is 0.0683 e. The van der Waals surface area contributed by atoms with Crippen LogP contribution in [0.5, 0.6) is 0 Å². The van der Waals surface area contributed by atoms with Crippen molar-refractivity contribution < 1.29 is 0 Å². The number of nitrogens with zero attached hydrogens (tertiary/aromatic N) is 2. The number of rotatable bonds is 6. The van der Waals surface area contributed by atoms with Crippen molar-refractivity contribution in [3.05, 3.63) is 24.0 Å². The SMILES string of the molecule is CC(C)(C#N)CCCn1cccc1CCN. The molecule has 0 fully saturated rings. The van der Waals surface area contributed by atoms with Crippen molar-refractivity contribution in [2.75, 3.05) is 6.54 Å². The molecule has 1 aromatic heterocycles. The lowest BCUT2D eigenvalue weighted by Crippen LogP contribution is -2.12. The first-order chi connectivity index (χ1) is 7.59. The molecule has 0 saturated carbocycles. The molecule has 0 atom stereocenters. The van der Waals surface area contributed by atoms with Crippen molar-refractivity contribution in [3.63, 3.8) is 0 Å². The minimum absolute atomic E-state index is 0.207. The average Bonchev–Trinajstić information content (AvgIpc) is 2.66. The predicted octanol–water partition coefficient (Wildman–Crippen LogP) is 2.32. The van der Waals surface area contributed by atoms with Crippen molar-refractivity contribution in [3.8, 4) is 6.07 Å². The zero-order chi connectivity index (χ0) is 12.0. The third-order valence-electron chi connectivity index (χ3n) is 2.83. The second-order valence-corrected chi connectivity index (χ2v) is 4.83. The second kappa shape index (κ2) is 5.72. The third kappa shape index (κ3) is 3.71. The van der Waals surface area contributed by atoms with Gasteiger partial charge in [-0.1, -0.05) is 0 Å². The number of nitriles is 1. The molecule has 0 aliphatic carbocycles. The van der Waals surface area contributed by atoms with Gasteiger partial charge < -0.3 is 10.3 Å². The molecule has 16 heavy (non-hydrogen) atoms. The average molecular weight is 219 g/mol. The normalized spacial score (nSPS) is 11.4. The van der Waals surface area contributed by atoms with Gasteiger partial charge in [0, 0.05) is 18.4 Å². The molecule has 1 rings (SSSR count). The molecule has 0 unspecified atom stereocenters. The Morgan fingerprint density at radius 3 is 2.88 bits per heavy atom. The van der Waals surface area contributed by atoms with Crippen molar-refractivity contribution in [1.82, 2.24) is 4.57 Å². The lowest BCUT2D eigenvalue weighted by molar-refractivity contribution is 0.413. The summed E-state index contributed by atoms with van der Waals surface area (Å²) in [5.74, 6) is 0. The Morgan fingerprint density at radius 1 is 1.50 bits per heavy atom. The molecule has 0 radical (unpaired) electrons. The summed E-state index contributed by atoms with van der Waals surface area (Å²) in [6.07, 6.45) is 4.98. The monoisotopic (exact) mass is 219 g/mol. The first kappa shape index (κ1) is 12.8. The number of hydrogen-bond acceptors (Lipinski definition) is 2. The molecule has 88 valence electrons. The summed E-state index contributed by atoms with van der Waals surface area (Å²) in [6.45, 7) is 5.65. The highest BCUT2D eigenvalue weighted by atomic mass is 15.0. The zero-order valence-corrected chi connectivity index (χ0v) is 10.2. The molecule has 3 heteroatoms. The molecule has 0 aliphatic rings. The van der Waals surface area contributed by atoms with Crippen LogP contribution in [0.2, 0.25) is 0 Å². The third-order valence-corrected chi connectivity index (χ3v) is 2.83. The molecule has 0 amide bonds. The van der Waals surface area contributed by atoms with Gasteiger partial charge in [-0.15, -0.1) is 0 Å². The maximum atomic E-state index is 8.92. The predicted molar refractivity (Wildman–Crippen MR) is 65.8 cm³/mol. The number of aromatic nitrogens is 1. The van der Waals surface area contributed by atoms with E-state index in [1.54, 1.807) is 0 Å². The smallest absolute Gasteiger partial charge is 0.0683 e. The van der Waals surface area contributed by atoms with Crippen molar-refractivity contribution in [1.29, 1.82) is 5.26 Å². The maximum absolute atomic E-state index is 8.92. The van der Waals surface area contributed by atoms with E-state index in [0.29, 0.717) is 6.54 Å². The summed E-state index contributed by atoms with van der Waals surface area (Å²) in [4.78, 5) is 0. The minimum atomic E-state index is -0.207. The molecular weight excluding hydrogens is 198 g/mol.